The predicted molar refractivity (Wildman–Crippen MR) is 122 cm³/mol. The zero-order chi connectivity index (χ0) is 22.1. The number of rotatable bonds is 6. The Kier molecular flexibility index (Phi) is 6.00. The highest BCUT2D eigenvalue weighted by Crippen LogP contribution is 2.29. The molecule has 1 amide bonds. The molecule has 0 saturated carbocycles. The zero-order valence-corrected chi connectivity index (χ0v) is 18.9. The van der Waals surface area contributed by atoms with E-state index in [2.05, 4.69) is 9.71 Å². The van der Waals surface area contributed by atoms with Gasteiger partial charge in [0, 0.05) is 24.3 Å². The lowest BCUT2D eigenvalue weighted by Crippen LogP contribution is -2.46. The summed E-state index contributed by atoms with van der Waals surface area (Å²) in [5, 5.41) is 10.5. The minimum atomic E-state index is -3.81. The van der Waals surface area contributed by atoms with E-state index in [0.29, 0.717) is 42.7 Å². The number of hydrogen-bond acceptors (Lipinski definition) is 6. The Balaban J connectivity index is 1.45. The summed E-state index contributed by atoms with van der Waals surface area (Å²) in [7, 11) is -3.81. The van der Waals surface area contributed by atoms with Crippen molar-refractivity contribution in [3.05, 3.63) is 53.5 Å². The number of hydrogen-bond donors (Lipinski definition) is 2. The molecule has 7 nitrogen and oxygen atoms in total. The number of aromatic nitrogens is 1. The Morgan fingerprint density at radius 3 is 2.58 bits per heavy atom. The fraction of sp³-hybridized carbons (Fsp3) is 0.364. The minimum Gasteiger partial charge on any atom is -0.390 e. The van der Waals surface area contributed by atoms with E-state index < -0.39 is 15.6 Å². The summed E-state index contributed by atoms with van der Waals surface area (Å²) in [5.74, 6) is -0.111. The summed E-state index contributed by atoms with van der Waals surface area (Å²) in [6, 6.07) is 11.5. The molecule has 2 N–H and O–H groups in total. The Bertz CT molecular complexity index is 1180. The second-order valence-corrected chi connectivity index (χ2v) is 10.4. The fourth-order valence-corrected chi connectivity index (χ4v) is 5.99. The summed E-state index contributed by atoms with van der Waals surface area (Å²) in [5.41, 5.74) is 2.26. The summed E-state index contributed by atoms with van der Waals surface area (Å²) in [6.07, 6.45) is 2.82. The molecule has 1 aliphatic rings. The number of fused-ring (bicyclic) bond motifs is 1. The Morgan fingerprint density at radius 1 is 1.19 bits per heavy atom. The number of carbonyl (C=O) groups excluding carboxylic acids is 1. The van der Waals surface area contributed by atoms with Gasteiger partial charge < -0.3 is 10.0 Å². The first kappa shape index (κ1) is 21.7. The number of likely N-dealkylation sites (tertiary alicyclic amines) is 1. The van der Waals surface area contributed by atoms with Crippen molar-refractivity contribution in [3.8, 4) is 0 Å². The lowest BCUT2D eigenvalue weighted by atomic mass is 9.87. The first-order valence-electron chi connectivity index (χ1n) is 10.3. The standard InChI is InChI=1S/C22H25N3O4S2/c1-2-10-22(27)11-13-25(14-12-22)21(26)16-6-8-17(9-7-16)24-31(28,29)19-5-3-4-18-20(19)23-15-30-18/h3-9,15,24,27H,2,10-14H2,1H3. The van der Waals surface area contributed by atoms with Crippen molar-refractivity contribution >= 4 is 43.2 Å². The van der Waals surface area contributed by atoms with Gasteiger partial charge in [-0.1, -0.05) is 19.4 Å². The Hall–Kier alpha value is -2.49. The zero-order valence-electron chi connectivity index (χ0n) is 17.2. The maximum absolute atomic E-state index is 12.8. The molecule has 3 aromatic rings. The lowest BCUT2D eigenvalue weighted by Gasteiger charge is -2.38. The van der Waals surface area contributed by atoms with Crippen LogP contribution in [0, 0.1) is 0 Å². The van der Waals surface area contributed by atoms with Crippen LogP contribution < -0.4 is 4.72 Å². The van der Waals surface area contributed by atoms with Crippen molar-refractivity contribution < 1.29 is 18.3 Å². The second kappa shape index (κ2) is 8.57. The topological polar surface area (TPSA) is 99.6 Å². The van der Waals surface area contributed by atoms with Gasteiger partial charge >= 0.3 is 0 Å². The smallest absolute Gasteiger partial charge is 0.264 e. The molecule has 0 aliphatic carbocycles. The molecule has 0 atom stereocenters. The average Bonchev–Trinajstić information content (AvgIpc) is 3.23. The van der Waals surface area contributed by atoms with Crippen LogP contribution in [0.2, 0.25) is 0 Å². The molecule has 1 fully saturated rings. The number of thiazole rings is 1. The number of para-hydroxylation sites is 1. The summed E-state index contributed by atoms with van der Waals surface area (Å²) in [6.45, 7) is 3.07. The largest absolute Gasteiger partial charge is 0.390 e. The first-order valence-corrected chi connectivity index (χ1v) is 12.6. The number of anilines is 1. The normalized spacial score (nSPS) is 16.4. The van der Waals surface area contributed by atoms with Crippen LogP contribution >= 0.6 is 11.3 Å². The van der Waals surface area contributed by atoms with Crippen molar-refractivity contribution in [2.45, 2.75) is 43.1 Å². The monoisotopic (exact) mass is 459 g/mol. The quantitative estimate of drug-likeness (QED) is 0.583. The van der Waals surface area contributed by atoms with Crippen LogP contribution in [0.3, 0.4) is 0 Å². The molecule has 4 rings (SSSR count). The van der Waals surface area contributed by atoms with Crippen molar-refractivity contribution in [1.82, 2.24) is 9.88 Å². The summed E-state index contributed by atoms with van der Waals surface area (Å²) < 4.78 is 29.1. The van der Waals surface area contributed by atoms with Gasteiger partial charge in [0.1, 0.15) is 10.4 Å². The molecule has 0 bridgehead atoms. The van der Waals surface area contributed by atoms with Crippen molar-refractivity contribution in [2.75, 3.05) is 17.8 Å². The van der Waals surface area contributed by atoms with E-state index in [-0.39, 0.29) is 10.8 Å². The Morgan fingerprint density at radius 2 is 1.90 bits per heavy atom. The minimum absolute atomic E-state index is 0.111. The highest BCUT2D eigenvalue weighted by atomic mass is 32.2. The third-order valence-corrected chi connectivity index (χ3v) is 7.90. The summed E-state index contributed by atoms with van der Waals surface area (Å²) in [4.78, 5) is 18.8. The SMILES string of the molecule is CCCC1(O)CCN(C(=O)c2ccc(NS(=O)(=O)c3cccc4scnc34)cc2)CC1. The van der Waals surface area contributed by atoms with Gasteiger partial charge in [-0.2, -0.15) is 0 Å². The van der Waals surface area contributed by atoms with Gasteiger partial charge in [-0.3, -0.25) is 9.52 Å². The average molecular weight is 460 g/mol. The van der Waals surface area contributed by atoms with E-state index in [9.17, 15) is 18.3 Å². The van der Waals surface area contributed by atoms with Gasteiger partial charge in [0.05, 0.1) is 15.8 Å². The summed E-state index contributed by atoms with van der Waals surface area (Å²) >= 11 is 1.38. The third kappa shape index (κ3) is 4.58. The second-order valence-electron chi connectivity index (χ2n) is 7.90. The van der Waals surface area contributed by atoms with Crippen LogP contribution in [0.25, 0.3) is 10.2 Å². The van der Waals surface area contributed by atoms with E-state index in [0.717, 1.165) is 17.5 Å². The van der Waals surface area contributed by atoms with Gasteiger partial charge in [0.2, 0.25) is 0 Å². The van der Waals surface area contributed by atoms with Crippen molar-refractivity contribution in [1.29, 1.82) is 0 Å². The maximum Gasteiger partial charge on any atom is 0.264 e. The van der Waals surface area contributed by atoms with Gasteiger partial charge in [-0.25, -0.2) is 13.4 Å². The first-order chi connectivity index (χ1) is 14.8. The molecule has 31 heavy (non-hydrogen) atoms. The number of aliphatic hydroxyl groups is 1. The van der Waals surface area contributed by atoms with E-state index in [1.807, 2.05) is 13.0 Å². The van der Waals surface area contributed by atoms with Gasteiger partial charge in [-0.05, 0) is 55.7 Å². The van der Waals surface area contributed by atoms with E-state index in [4.69, 9.17) is 0 Å². The molecule has 2 heterocycles. The maximum atomic E-state index is 12.8. The van der Waals surface area contributed by atoms with Crippen LogP contribution in [0.4, 0.5) is 5.69 Å². The number of nitrogens with one attached hydrogen (secondary N) is 1. The third-order valence-electron chi connectivity index (χ3n) is 5.69. The van der Waals surface area contributed by atoms with Crippen LogP contribution in [-0.4, -0.2) is 48.0 Å². The molecule has 0 radical (unpaired) electrons. The van der Waals surface area contributed by atoms with Crippen molar-refractivity contribution in [2.24, 2.45) is 0 Å². The fourth-order valence-electron chi connectivity index (χ4n) is 3.99. The highest BCUT2D eigenvalue weighted by molar-refractivity contribution is 7.93. The molecule has 1 saturated heterocycles. The van der Waals surface area contributed by atoms with Gasteiger partial charge in [-0.15, -0.1) is 11.3 Å². The molecule has 164 valence electrons. The molecule has 0 spiro atoms. The molecular weight excluding hydrogens is 434 g/mol. The molecule has 1 aliphatic heterocycles. The van der Waals surface area contributed by atoms with Crippen molar-refractivity contribution in [3.63, 3.8) is 0 Å². The molecule has 1 aromatic heterocycles. The van der Waals surface area contributed by atoms with Crippen LogP contribution in [0.5, 0.6) is 0 Å². The van der Waals surface area contributed by atoms with Crippen LogP contribution in [0.1, 0.15) is 43.0 Å². The predicted octanol–water partition coefficient (Wildman–Crippen LogP) is 3.86. The van der Waals surface area contributed by atoms with Crippen LogP contribution in [-0.2, 0) is 10.0 Å². The number of sulfonamides is 1. The van der Waals surface area contributed by atoms with E-state index >= 15 is 0 Å². The molecule has 2 aromatic carbocycles. The lowest BCUT2D eigenvalue weighted by molar-refractivity contribution is -0.0233. The molecular formula is C22H25N3O4S2. The highest BCUT2D eigenvalue weighted by Gasteiger charge is 2.33. The number of carbonyl (C=O) groups is 1. The number of nitrogens with zero attached hydrogens (tertiary/aromatic N) is 2. The van der Waals surface area contributed by atoms with Gasteiger partial charge in [0.15, 0.2) is 0 Å². The molecule has 9 heteroatoms. The Labute approximate surface area is 185 Å². The number of benzene rings is 2. The number of amides is 1. The van der Waals surface area contributed by atoms with E-state index in [1.165, 1.54) is 17.4 Å². The molecule has 0 unspecified atom stereocenters. The van der Waals surface area contributed by atoms with E-state index in [1.54, 1.807) is 40.7 Å². The van der Waals surface area contributed by atoms with Crippen LogP contribution in [0.15, 0.2) is 52.9 Å². The number of piperidine rings is 1. The van der Waals surface area contributed by atoms with Gasteiger partial charge in [0.25, 0.3) is 15.9 Å².